The Morgan fingerprint density at radius 2 is 1.20 bits per heavy atom. The number of phenolic OH excluding ortho intramolecular Hbond substituents is 1. The fourth-order valence-corrected chi connectivity index (χ4v) is 4.72. The Morgan fingerprint density at radius 3 is 1.73 bits per heavy atom. The molecule has 2 fully saturated rings. The molecule has 2 aliphatic heterocycles. The average Bonchev–Trinajstić information content (AvgIpc) is 2.97. The smallest absolute Gasteiger partial charge is 0.335 e. The van der Waals surface area contributed by atoms with Crippen LogP contribution in [0.25, 0.3) is 22.3 Å². The maximum absolute atomic E-state index is 13.3. The van der Waals surface area contributed by atoms with Crippen LogP contribution in [-0.2, 0) is 19.1 Å². The number of benzene rings is 2. The lowest BCUT2D eigenvalue weighted by Crippen LogP contribution is -2.61. The Morgan fingerprint density at radius 1 is 0.682 bits per heavy atom. The van der Waals surface area contributed by atoms with Gasteiger partial charge in [0.05, 0.1) is 0 Å². The monoisotopic (exact) mass is 622 g/mol. The summed E-state index contributed by atoms with van der Waals surface area (Å²) >= 11 is 0. The second-order valence-electron chi connectivity index (χ2n) is 10.0. The first-order valence-electron chi connectivity index (χ1n) is 12.9. The van der Waals surface area contributed by atoms with Gasteiger partial charge in [0.2, 0.25) is 12.6 Å². The third-order valence-corrected chi connectivity index (χ3v) is 7.04. The molecular weight excluding hydrogens is 596 g/mol. The van der Waals surface area contributed by atoms with E-state index in [0.29, 0.717) is 5.56 Å². The number of hydrogen-bond acceptors (Lipinski definition) is 15. The van der Waals surface area contributed by atoms with Crippen LogP contribution in [0.1, 0.15) is 0 Å². The number of hydrogen-bond donors (Lipinski definition) is 9. The molecule has 44 heavy (non-hydrogen) atoms. The lowest BCUT2D eigenvalue weighted by atomic mass is 9.99. The highest BCUT2D eigenvalue weighted by molar-refractivity contribution is 5.86. The first-order chi connectivity index (χ1) is 20.8. The molecule has 0 amide bonds. The van der Waals surface area contributed by atoms with Crippen molar-refractivity contribution >= 4 is 22.9 Å². The van der Waals surface area contributed by atoms with Crippen LogP contribution in [0.5, 0.6) is 17.2 Å². The van der Waals surface area contributed by atoms with Crippen molar-refractivity contribution in [3.05, 3.63) is 52.7 Å². The van der Waals surface area contributed by atoms with Crippen LogP contribution in [0, 0.1) is 0 Å². The van der Waals surface area contributed by atoms with E-state index in [4.69, 9.17) is 23.4 Å². The summed E-state index contributed by atoms with van der Waals surface area (Å²) in [5, 5.41) is 89.2. The molecule has 2 aromatic carbocycles. The number of fused-ring (bicyclic) bond motifs is 1. The van der Waals surface area contributed by atoms with E-state index >= 15 is 0 Å². The maximum atomic E-state index is 13.3. The molecule has 0 aliphatic carbocycles. The van der Waals surface area contributed by atoms with Gasteiger partial charge in [-0.2, -0.15) is 0 Å². The molecule has 2 saturated heterocycles. The fraction of sp³-hybridized carbons (Fsp3) is 0.370. The zero-order valence-electron chi connectivity index (χ0n) is 22.1. The number of rotatable bonds is 7. The Hall–Kier alpha value is -4.33. The summed E-state index contributed by atoms with van der Waals surface area (Å²) in [6.45, 7) is 0. The molecule has 5 rings (SSSR count). The molecule has 3 heterocycles. The van der Waals surface area contributed by atoms with Crippen LogP contribution in [0.3, 0.4) is 0 Å². The SMILES string of the molecule is O=C(O)[C@H]1OC(Oc2cc(OC3O[C@H](C(=O)O)[C@@H](O)[C@H](O)[C@H]3O)c3c(=O)cc(-c4ccc(O)cc4)oc3c2)[C@H](O)[C@@H](O)[C@@H]1O. The van der Waals surface area contributed by atoms with E-state index in [-0.39, 0.29) is 28.2 Å². The van der Waals surface area contributed by atoms with Gasteiger partial charge in [-0.3, -0.25) is 4.79 Å². The Bertz CT molecular complexity index is 1600. The molecule has 1 aromatic heterocycles. The lowest BCUT2D eigenvalue weighted by molar-refractivity contribution is -0.272. The van der Waals surface area contributed by atoms with Crippen LogP contribution in [0.2, 0.25) is 0 Å². The third-order valence-electron chi connectivity index (χ3n) is 7.04. The van der Waals surface area contributed by atoms with E-state index in [1.54, 1.807) is 0 Å². The van der Waals surface area contributed by atoms with Crippen molar-refractivity contribution in [2.75, 3.05) is 0 Å². The maximum Gasteiger partial charge on any atom is 0.335 e. The predicted octanol–water partition coefficient (Wildman–Crippen LogP) is -2.29. The van der Waals surface area contributed by atoms with E-state index < -0.39 is 84.5 Å². The summed E-state index contributed by atoms with van der Waals surface area (Å²) in [6, 6.07) is 8.67. The van der Waals surface area contributed by atoms with Crippen molar-refractivity contribution in [3.63, 3.8) is 0 Å². The number of phenols is 1. The number of ether oxygens (including phenoxy) is 4. The van der Waals surface area contributed by atoms with Gasteiger partial charge in [-0.05, 0) is 24.3 Å². The summed E-state index contributed by atoms with van der Waals surface area (Å²) in [7, 11) is 0. The number of aliphatic hydroxyl groups is 6. The van der Waals surface area contributed by atoms with Crippen molar-refractivity contribution < 1.29 is 78.9 Å². The van der Waals surface area contributed by atoms with Gasteiger partial charge in [-0.25, -0.2) is 9.59 Å². The second-order valence-corrected chi connectivity index (χ2v) is 10.0. The van der Waals surface area contributed by atoms with Crippen LogP contribution < -0.4 is 14.9 Å². The molecule has 0 saturated carbocycles. The van der Waals surface area contributed by atoms with E-state index in [0.717, 1.165) is 18.2 Å². The van der Waals surface area contributed by atoms with Gasteiger partial charge >= 0.3 is 11.9 Å². The Balaban J connectivity index is 1.59. The zero-order chi connectivity index (χ0) is 32.0. The molecule has 2 aliphatic rings. The van der Waals surface area contributed by atoms with E-state index in [1.165, 1.54) is 24.3 Å². The van der Waals surface area contributed by atoms with Crippen molar-refractivity contribution in [2.24, 2.45) is 0 Å². The quantitative estimate of drug-likeness (QED) is 0.134. The number of carboxylic acid groups (broad SMARTS) is 2. The van der Waals surface area contributed by atoms with Crippen molar-refractivity contribution in [1.29, 1.82) is 0 Å². The molecule has 9 N–H and O–H groups in total. The van der Waals surface area contributed by atoms with Gasteiger partial charge < -0.3 is 69.3 Å². The first-order valence-corrected chi connectivity index (χ1v) is 12.9. The number of carbonyl (C=O) groups is 2. The van der Waals surface area contributed by atoms with Gasteiger partial charge in [0, 0.05) is 23.8 Å². The predicted molar refractivity (Wildman–Crippen MR) is 139 cm³/mol. The first kappa shape index (κ1) is 31.1. The third kappa shape index (κ3) is 5.77. The molecule has 236 valence electrons. The number of carboxylic acids is 2. The van der Waals surface area contributed by atoms with E-state index in [1.807, 2.05) is 0 Å². The van der Waals surface area contributed by atoms with Crippen LogP contribution in [0.4, 0.5) is 0 Å². The highest BCUT2D eigenvalue weighted by Gasteiger charge is 2.49. The van der Waals surface area contributed by atoms with Crippen molar-refractivity contribution in [1.82, 2.24) is 0 Å². The van der Waals surface area contributed by atoms with Gasteiger partial charge in [0.15, 0.2) is 17.6 Å². The summed E-state index contributed by atoms with van der Waals surface area (Å²) in [5.74, 6) is -4.30. The molecule has 17 nitrogen and oxygen atoms in total. The molecule has 0 spiro atoms. The summed E-state index contributed by atoms with van der Waals surface area (Å²) in [4.78, 5) is 36.4. The molecule has 10 atom stereocenters. The number of aromatic hydroxyl groups is 1. The van der Waals surface area contributed by atoms with E-state index in [2.05, 4.69) is 0 Å². The van der Waals surface area contributed by atoms with Crippen LogP contribution in [-0.4, -0.2) is 119 Å². The molecule has 3 aromatic rings. The van der Waals surface area contributed by atoms with Gasteiger partial charge in [0.25, 0.3) is 0 Å². The normalized spacial score (nSPS) is 32.2. The second kappa shape index (κ2) is 12.0. The minimum atomic E-state index is -2.05. The van der Waals surface area contributed by atoms with Crippen LogP contribution in [0.15, 0.2) is 51.7 Å². The van der Waals surface area contributed by atoms with Gasteiger partial charge in [-0.15, -0.1) is 0 Å². The summed E-state index contributed by atoms with van der Waals surface area (Å²) in [6.07, 6.45) is -20.1. The van der Waals surface area contributed by atoms with Gasteiger partial charge in [-0.1, -0.05) is 0 Å². The molecular formula is C27H26O17. The van der Waals surface area contributed by atoms with Gasteiger partial charge in [0.1, 0.15) is 70.6 Å². The number of aliphatic carboxylic acids is 2. The molecule has 0 bridgehead atoms. The fourth-order valence-electron chi connectivity index (χ4n) is 4.72. The minimum absolute atomic E-state index is 0.0116. The van der Waals surface area contributed by atoms with Crippen LogP contribution >= 0.6 is 0 Å². The van der Waals surface area contributed by atoms with Crippen molar-refractivity contribution in [3.8, 4) is 28.6 Å². The number of aliphatic hydroxyl groups excluding tert-OH is 6. The molecule has 2 unspecified atom stereocenters. The largest absolute Gasteiger partial charge is 0.508 e. The Labute approximate surface area is 244 Å². The molecule has 17 heteroatoms. The zero-order valence-corrected chi connectivity index (χ0v) is 22.1. The minimum Gasteiger partial charge on any atom is -0.508 e. The highest BCUT2D eigenvalue weighted by Crippen LogP contribution is 2.36. The summed E-state index contributed by atoms with van der Waals surface area (Å²) in [5.41, 5.74) is -0.667. The average molecular weight is 622 g/mol. The Kier molecular flexibility index (Phi) is 8.47. The highest BCUT2D eigenvalue weighted by atomic mass is 16.7. The van der Waals surface area contributed by atoms with Crippen molar-refractivity contribution in [2.45, 2.75) is 61.4 Å². The van der Waals surface area contributed by atoms with E-state index in [9.17, 15) is 60.3 Å². The standard InChI is InChI=1S/C27H26O17/c28-9-3-1-8(2-4-9)12-7-11(29)15-13(41-12)5-10(40-26-20(34)16(30)18(32)22(43-26)24(36)37)6-14(15)42-27-21(35)17(31)19(33)23(44-27)25(38)39/h1-7,16-23,26-28,30-35H,(H,36,37)(H,38,39)/t16-,17-,18-,19-,20+,21+,22-,23-,26?,27?/m0/s1. The lowest BCUT2D eigenvalue weighted by Gasteiger charge is -2.39. The summed E-state index contributed by atoms with van der Waals surface area (Å²) < 4.78 is 27.3. The topological polar surface area (TPSA) is 283 Å². The molecule has 0 radical (unpaired) electrons.